The molecular formula is C13H8BrClFN3. The highest BCUT2D eigenvalue weighted by atomic mass is 79.9. The van der Waals surface area contributed by atoms with E-state index in [1.54, 1.807) is 6.07 Å². The number of hydrogen-bond acceptors (Lipinski definition) is 3. The van der Waals surface area contributed by atoms with E-state index in [-0.39, 0.29) is 10.8 Å². The van der Waals surface area contributed by atoms with Gasteiger partial charge in [0, 0.05) is 11.9 Å². The van der Waals surface area contributed by atoms with Gasteiger partial charge in [0.2, 0.25) is 0 Å². The van der Waals surface area contributed by atoms with Crippen molar-refractivity contribution in [2.45, 2.75) is 6.92 Å². The molecule has 0 saturated carbocycles. The van der Waals surface area contributed by atoms with Crippen LogP contribution < -0.4 is 5.32 Å². The first-order chi connectivity index (χ1) is 9.02. The van der Waals surface area contributed by atoms with Gasteiger partial charge in [-0.1, -0.05) is 11.6 Å². The fraction of sp³-hybridized carbons (Fsp3) is 0.0769. The summed E-state index contributed by atoms with van der Waals surface area (Å²) >= 11 is 9.15. The van der Waals surface area contributed by atoms with Crippen molar-refractivity contribution in [1.82, 2.24) is 4.98 Å². The number of hydrogen-bond donors (Lipinski definition) is 1. The third-order valence-electron chi connectivity index (χ3n) is 2.53. The van der Waals surface area contributed by atoms with Gasteiger partial charge < -0.3 is 5.32 Å². The van der Waals surface area contributed by atoms with Crippen LogP contribution in [0.15, 0.2) is 28.9 Å². The molecule has 1 N–H and O–H groups in total. The molecule has 0 unspecified atom stereocenters. The maximum Gasteiger partial charge on any atom is 0.150 e. The lowest BCUT2D eigenvalue weighted by Gasteiger charge is -2.11. The second-order valence-corrected chi connectivity index (χ2v) is 5.07. The molecule has 0 spiro atoms. The van der Waals surface area contributed by atoms with E-state index in [1.165, 1.54) is 18.3 Å². The number of pyridine rings is 1. The molecule has 19 heavy (non-hydrogen) atoms. The number of halogens is 3. The first kappa shape index (κ1) is 13.8. The molecule has 0 aliphatic rings. The summed E-state index contributed by atoms with van der Waals surface area (Å²) in [6.07, 6.45) is 1.47. The summed E-state index contributed by atoms with van der Waals surface area (Å²) in [5, 5.41) is 12.0. The maximum atomic E-state index is 13.5. The van der Waals surface area contributed by atoms with Crippen LogP contribution in [0.5, 0.6) is 0 Å². The SMILES string of the molecule is Cc1cc(Br)c(F)cc1Nc1nccc(C#N)c1Cl. The predicted molar refractivity (Wildman–Crippen MR) is 76.1 cm³/mol. The molecule has 3 nitrogen and oxygen atoms in total. The molecule has 1 aromatic carbocycles. The van der Waals surface area contributed by atoms with Gasteiger partial charge in [0.25, 0.3) is 0 Å². The molecular weight excluding hydrogens is 333 g/mol. The average Bonchev–Trinajstić information content (AvgIpc) is 2.38. The number of nitrogens with one attached hydrogen (secondary N) is 1. The van der Waals surface area contributed by atoms with Gasteiger partial charge in [-0.05, 0) is 46.6 Å². The van der Waals surface area contributed by atoms with Crippen molar-refractivity contribution in [2.75, 3.05) is 5.32 Å². The van der Waals surface area contributed by atoms with E-state index in [1.807, 2.05) is 13.0 Å². The van der Waals surface area contributed by atoms with E-state index >= 15 is 0 Å². The Bertz CT molecular complexity index is 682. The largest absolute Gasteiger partial charge is 0.339 e. The minimum Gasteiger partial charge on any atom is -0.339 e. The first-order valence-corrected chi connectivity index (χ1v) is 6.47. The second-order valence-electron chi connectivity index (χ2n) is 3.84. The van der Waals surface area contributed by atoms with Crippen LogP contribution in [0, 0.1) is 24.1 Å². The Balaban J connectivity index is 2.43. The second kappa shape index (κ2) is 5.55. The quantitative estimate of drug-likeness (QED) is 0.872. The van der Waals surface area contributed by atoms with Crippen LogP contribution in [0.25, 0.3) is 0 Å². The third kappa shape index (κ3) is 2.86. The van der Waals surface area contributed by atoms with Gasteiger partial charge in [-0.15, -0.1) is 0 Å². The minimum absolute atomic E-state index is 0.215. The van der Waals surface area contributed by atoms with Crippen molar-refractivity contribution in [2.24, 2.45) is 0 Å². The Hall–Kier alpha value is -1.64. The number of benzene rings is 1. The fourth-order valence-electron chi connectivity index (χ4n) is 1.53. The molecule has 0 amide bonds. The highest BCUT2D eigenvalue weighted by Gasteiger charge is 2.10. The van der Waals surface area contributed by atoms with Crippen LogP contribution in [-0.2, 0) is 0 Å². The van der Waals surface area contributed by atoms with Gasteiger partial charge in [0.15, 0.2) is 5.82 Å². The van der Waals surface area contributed by atoms with Crippen molar-refractivity contribution in [1.29, 1.82) is 5.26 Å². The lowest BCUT2D eigenvalue weighted by atomic mass is 10.2. The molecule has 2 rings (SSSR count). The van der Waals surface area contributed by atoms with E-state index in [0.717, 1.165) is 5.56 Å². The Morgan fingerprint density at radius 1 is 1.47 bits per heavy atom. The Kier molecular flexibility index (Phi) is 4.03. The van der Waals surface area contributed by atoms with Crippen molar-refractivity contribution in [3.63, 3.8) is 0 Å². The lowest BCUT2D eigenvalue weighted by Crippen LogP contribution is -1.98. The first-order valence-electron chi connectivity index (χ1n) is 5.30. The van der Waals surface area contributed by atoms with Crippen molar-refractivity contribution in [3.05, 3.63) is 50.8 Å². The number of nitrogens with zero attached hydrogens (tertiary/aromatic N) is 2. The standard InChI is InChI=1S/C13H8BrClFN3/c1-7-4-9(14)10(16)5-11(7)19-13-12(15)8(6-17)2-3-18-13/h2-5H,1H3,(H,18,19). The number of rotatable bonds is 2. The molecule has 6 heteroatoms. The van der Waals surface area contributed by atoms with Gasteiger partial charge in [0.05, 0.1) is 10.0 Å². The highest BCUT2D eigenvalue weighted by molar-refractivity contribution is 9.10. The Labute approximate surface area is 123 Å². The number of aromatic nitrogens is 1. The summed E-state index contributed by atoms with van der Waals surface area (Å²) in [5.74, 6) is -0.0637. The molecule has 2 aromatic rings. The molecule has 1 heterocycles. The number of nitriles is 1. The topological polar surface area (TPSA) is 48.7 Å². The van der Waals surface area contributed by atoms with Crippen LogP contribution in [-0.4, -0.2) is 4.98 Å². The highest BCUT2D eigenvalue weighted by Crippen LogP contribution is 2.30. The minimum atomic E-state index is -0.388. The van der Waals surface area contributed by atoms with Gasteiger partial charge in [-0.3, -0.25) is 0 Å². The maximum absolute atomic E-state index is 13.5. The summed E-state index contributed by atoms with van der Waals surface area (Å²) in [7, 11) is 0. The zero-order chi connectivity index (χ0) is 14.0. The van der Waals surface area contributed by atoms with Gasteiger partial charge in [-0.2, -0.15) is 5.26 Å². The molecule has 0 aliphatic carbocycles. The molecule has 0 atom stereocenters. The molecule has 0 fully saturated rings. The lowest BCUT2D eigenvalue weighted by molar-refractivity contribution is 0.621. The monoisotopic (exact) mass is 339 g/mol. The third-order valence-corrected chi connectivity index (χ3v) is 3.52. The van der Waals surface area contributed by atoms with Crippen molar-refractivity contribution >= 4 is 39.0 Å². The normalized spacial score (nSPS) is 10.1. The molecule has 1 aromatic heterocycles. The Morgan fingerprint density at radius 2 is 2.21 bits per heavy atom. The van der Waals surface area contributed by atoms with E-state index in [0.29, 0.717) is 21.5 Å². The zero-order valence-electron chi connectivity index (χ0n) is 9.84. The summed E-state index contributed by atoms with van der Waals surface area (Å²) in [6.45, 7) is 1.83. The number of aryl methyl sites for hydroxylation is 1. The molecule has 0 aliphatic heterocycles. The van der Waals surface area contributed by atoms with Gasteiger partial charge in [0.1, 0.15) is 16.9 Å². The van der Waals surface area contributed by atoms with E-state index in [9.17, 15) is 4.39 Å². The average molecular weight is 341 g/mol. The summed E-state index contributed by atoms with van der Waals surface area (Å²) in [6, 6.07) is 6.48. The fourth-order valence-corrected chi connectivity index (χ4v) is 2.18. The van der Waals surface area contributed by atoms with E-state index < -0.39 is 0 Å². The van der Waals surface area contributed by atoms with Crippen LogP contribution >= 0.6 is 27.5 Å². The molecule has 0 bridgehead atoms. The summed E-state index contributed by atoms with van der Waals surface area (Å²) in [4.78, 5) is 4.05. The van der Waals surface area contributed by atoms with Gasteiger partial charge in [-0.25, -0.2) is 9.37 Å². The van der Waals surface area contributed by atoms with Gasteiger partial charge >= 0.3 is 0 Å². The van der Waals surface area contributed by atoms with Crippen LogP contribution in [0.4, 0.5) is 15.9 Å². The summed E-state index contributed by atoms with van der Waals surface area (Å²) < 4.78 is 13.9. The van der Waals surface area contributed by atoms with Crippen LogP contribution in [0.1, 0.15) is 11.1 Å². The van der Waals surface area contributed by atoms with Crippen molar-refractivity contribution < 1.29 is 4.39 Å². The van der Waals surface area contributed by atoms with E-state index in [2.05, 4.69) is 26.2 Å². The smallest absolute Gasteiger partial charge is 0.150 e. The van der Waals surface area contributed by atoms with Crippen molar-refractivity contribution in [3.8, 4) is 6.07 Å². The van der Waals surface area contributed by atoms with Crippen LogP contribution in [0.3, 0.4) is 0 Å². The summed E-state index contributed by atoms with van der Waals surface area (Å²) in [5.41, 5.74) is 1.69. The Morgan fingerprint density at radius 3 is 2.89 bits per heavy atom. The van der Waals surface area contributed by atoms with E-state index in [4.69, 9.17) is 16.9 Å². The molecule has 0 radical (unpaired) electrons. The van der Waals surface area contributed by atoms with Crippen LogP contribution in [0.2, 0.25) is 5.02 Å². The molecule has 96 valence electrons. The predicted octanol–water partition coefficient (Wildman–Crippen LogP) is 4.56. The molecule has 0 saturated heterocycles. The number of anilines is 2. The zero-order valence-corrected chi connectivity index (χ0v) is 12.2.